The Morgan fingerprint density at radius 1 is 1.85 bits per heavy atom. The van der Waals surface area contributed by atoms with E-state index in [2.05, 4.69) is 5.32 Å². The van der Waals surface area contributed by atoms with Gasteiger partial charge < -0.3 is 19.9 Å². The number of cyclic esters (lactones) is 1. The highest BCUT2D eigenvalue weighted by molar-refractivity contribution is 5.74. The van der Waals surface area contributed by atoms with Gasteiger partial charge >= 0.3 is 12.1 Å². The predicted molar refractivity (Wildman–Crippen MR) is 41.1 cm³/mol. The quantitative estimate of drug-likeness (QED) is 0.607. The second-order valence-electron chi connectivity index (χ2n) is 2.57. The fraction of sp³-hybridized carbons (Fsp3) is 0.714. The maximum Gasteiger partial charge on any atom is 0.405 e. The van der Waals surface area contributed by atoms with E-state index >= 15 is 0 Å². The molecule has 2 atom stereocenters. The maximum absolute atomic E-state index is 10.8. The molecule has 0 spiro atoms. The molecule has 1 amide bonds. The largest absolute Gasteiger partial charge is 0.465 e. The van der Waals surface area contributed by atoms with Gasteiger partial charge in [0.05, 0.1) is 6.42 Å². The second-order valence-corrected chi connectivity index (χ2v) is 2.57. The summed E-state index contributed by atoms with van der Waals surface area (Å²) in [4.78, 5) is 21.1. The van der Waals surface area contributed by atoms with Crippen LogP contribution in [0, 0.1) is 0 Å². The van der Waals surface area contributed by atoms with Gasteiger partial charge in [-0.05, 0) is 6.92 Å². The van der Waals surface area contributed by atoms with Crippen LogP contribution in [0.4, 0.5) is 4.79 Å². The number of esters is 1. The van der Waals surface area contributed by atoms with Gasteiger partial charge in [0.2, 0.25) is 6.29 Å². The lowest BCUT2D eigenvalue weighted by molar-refractivity contribution is -0.163. The van der Waals surface area contributed by atoms with Crippen molar-refractivity contribution in [1.29, 1.82) is 0 Å². The molecule has 0 aliphatic carbocycles. The highest BCUT2D eigenvalue weighted by atomic mass is 16.7. The predicted octanol–water partition coefficient (Wildman–Crippen LogP) is -0.0679. The Hall–Kier alpha value is -1.30. The van der Waals surface area contributed by atoms with E-state index in [4.69, 9.17) is 14.6 Å². The summed E-state index contributed by atoms with van der Waals surface area (Å²) in [6.07, 6.45) is -1.95. The van der Waals surface area contributed by atoms with Crippen LogP contribution < -0.4 is 5.32 Å². The minimum atomic E-state index is -1.19. The van der Waals surface area contributed by atoms with Gasteiger partial charge in [-0.3, -0.25) is 4.79 Å². The summed E-state index contributed by atoms with van der Waals surface area (Å²) in [6.45, 7) is 2.11. The van der Waals surface area contributed by atoms with Gasteiger partial charge in [0.15, 0.2) is 0 Å². The fourth-order valence-electron chi connectivity index (χ4n) is 1.13. The van der Waals surface area contributed by atoms with Crippen molar-refractivity contribution in [3.63, 3.8) is 0 Å². The number of carbonyl (C=O) groups excluding carboxylic acids is 1. The molecular weight excluding hydrogens is 178 g/mol. The van der Waals surface area contributed by atoms with E-state index in [1.807, 2.05) is 0 Å². The van der Waals surface area contributed by atoms with Crippen LogP contribution in [0.15, 0.2) is 0 Å². The standard InChI is InChI=1S/C7H11NO5/c1-2-12-6-4(8-7(10)11)3-5(9)13-6/h4,6,8H,2-3H2,1H3,(H,10,11)/t4-,6+/m0/s1. The van der Waals surface area contributed by atoms with Crippen molar-refractivity contribution in [2.45, 2.75) is 25.7 Å². The molecule has 0 radical (unpaired) electrons. The van der Waals surface area contributed by atoms with E-state index in [0.29, 0.717) is 6.61 Å². The zero-order valence-corrected chi connectivity index (χ0v) is 7.15. The molecule has 0 aromatic rings. The van der Waals surface area contributed by atoms with Crippen molar-refractivity contribution < 1.29 is 24.2 Å². The Labute approximate surface area is 74.8 Å². The highest BCUT2D eigenvalue weighted by Crippen LogP contribution is 2.15. The van der Waals surface area contributed by atoms with Crippen LogP contribution in [0.5, 0.6) is 0 Å². The number of amides is 1. The molecule has 0 unspecified atom stereocenters. The van der Waals surface area contributed by atoms with Gasteiger partial charge in [-0.25, -0.2) is 4.79 Å². The number of carbonyl (C=O) groups is 2. The van der Waals surface area contributed by atoms with Gasteiger partial charge in [0, 0.05) is 6.61 Å². The molecular formula is C7H11NO5. The first kappa shape index (κ1) is 9.79. The summed E-state index contributed by atoms with van der Waals surface area (Å²) >= 11 is 0. The number of ether oxygens (including phenoxy) is 2. The number of carboxylic acid groups (broad SMARTS) is 1. The van der Waals surface area contributed by atoms with Gasteiger partial charge in [-0.15, -0.1) is 0 Å². The minimum absolute atomic E-state index is 0.0248. The normalized spacial score (nSPS) is 27.0. The van der Waals surface area contributed by atoms with Crippen molar-refractivity contribution >= 4 is 12.1 Å². The van der Waals surface area contributed by atoms with Crippen LogP contribution in [0.25, 0.3) is 0 Å². The number of nitrogens with one attached hydrogen (secondary N) is 1. The molecule has 0 bridgehead atoms. The molecule has 13 heavy (non-hydrogen) atoms. The molecule has 1 heterocycles. The lowest BCUT2D eigenvalue weighted by Crippen LogP contribution is -2.40. The smallest absolute Gasteiger partial charge is 0.405 e. The van der Waals surface area contributed by atoms with E-state index in [0.717, 1.165) is 0 Å². The molecule has 1 saturated heterocycles. The third-order valence-electron chi connectivity index (χ3n) is 1.60. The third-order valence-corrected chi connectivity index (χ3v) is 1.60. The molecule has 6 heteroatoms. The molecule has 1 rings (SSSR count). The van der Waals surface area contributed by atoms with Gasteiger partial charge in [-0.2, -0.15) is 0 Å². The second kappa shape index (κ2) is 4.08. The maximum atomic E-state index is 10.8. The van der Waals surface area contributed by atoms with Crippen LogP contribution in [0.2, 0.25) is 0 Å². The Morgan fingerprint density at radius 3 is 3.08 bits per heavy atom. The van der Waals surface area contributed by atoms with Crippen molar-refractivity contribution in [2.24, 2.45) is 0 Å². The lowest BCUT2D eigenvalue weighted by atomic mass is 10.2. The zero-order valence-electron chi connectivity index (χ0n) is 7.15. The first-order chi connectivity index (χ1) is 6.13. The van der Waals surface area contributed by atoms with E-state index in [-0.39, 0.29) is 6.42 Å². The molecule has 6 nitrogen and oxygen atoms in total. The first-order valence-electron chi connectivity index (χ1n) is 3.94. The summed E-state index contributed by atoms with van der Waals surface area (Å²) < 4.78 is 9.75. The van der Waals surface area contributed by atoms with Crippen molar-refractivity contribution in [1.82, 2.24) is 5.32 Å². The zero-order chi connectivity index (χ0) is 9.84. The average molecular weight is 189 g/mol. The van der Waals surface area contributed by atoms with E-state index < -0.39 is 24.4 Å². The molecule has 1 fully saturated rings. The van der Waals surface area contributed by atoms with Crippen LogP contribution in [0.1, 0.15) is 13.3 Å². The van der Waals surface area contributed by atoms with Gasteiger partial charge in [0.25, 0.3) is 0 Å². The number of rotatable bonds is 3. The van der Waals surface area contributed by atoms with Crippen molar-refractivity contribution in [2.75, 3.05) is 6.61 Å². The van der Waals surface area contributed by atoms with Crippen LogP contribution in [-0.2, 0) is 14.3 Å². The van der Waals surface area contributed by atoms with E-state index in [9.17, 15) is 9.59 Å². The molecule has 1 aliphatic heterocycles. The van der Waals surface area contributed by atoms with Gasteiger partial charge in [0.1, 0.15) is 6.04 Å². The molecule has 0 saturated carbocycles. The molecule has 0 aromatic heterocycles. The van der Waals surface area contributed by atoms with Crippen LogP contribution in [0.3, 0.4) is 0 Å². The summed E-state index contributed by atoms with van der Waals surface area (Å²) in [6, 6.07) is -0.593. The monoisotopic (exact) mass is 189 g/mol. The molecule has 0 aromatic carbocycles. The summed E-state index contributed by atoms with van der Waals surface area (Å²) in [5, 5.41) is 10.6. The lowest BCUT2D eigenvalue weighted by Gasteiger charge is -2.16. The van der Waals surface area contributed by atoms with Crippen LogP contribution >= 0.6 is 0 Å². The Balaban J connectivity index is 2.49. The Kier molecular flexibility index (Phi) is 3.07. The Bertz CT molecular complexity index is 217. The fourth-order valence-corrected chi connectivity index (χ4v) is 1.13. The third kappa shape index (κ3) is 2.59. The average Bonchev–Trinajstić information content (AvgIpc) is 2.31. The van der Waals surface area contributed by atoms with E-state index in [1.54, 1.807) is 6.92 Å². The molecule has 1 aliphatic rings. The SMILES string of the molecule is CCO[C@@H]1OC(=O)C[C@@H]1NC(=O)O. The molecule has 2 N–H and O–H groups in total. The summed E-state index contributed by atoms with van der Waals surface area (Å²) in [5.74, 6) is -0.447. The Morgan fingerprint density at radius 2 is 2.54 bits per heavy atom. The topological polar surface area (TPSA) is 84.9 Å². The van der Waals surface area contributed by atoms with E-state index in [1.165, 1.54) is 0 Å². The number of hydrogen-bond donors (Lipinski definition) is 2. The number of hydrogen-bond acceptors (Lipinski definition) is 4. The van der Waals surface area contributed by atoms with Crippen molar-refractivity contribution in [3.8, 4) is 0 Å². The molecule has 74 valence electrons. The van der Waals surface area contributed by atoms with Gasteiger partial charge in [-0.1, -0.05) is 0 Å². The highest BCUT2D eigenvalue weighted by Gasteiger charge is 2.36. The summed E-state index contributed by atoms with van der Waals surface area (Å²) in [7, 11) is 0. The minimum Gasteiger partial charge on any atom is -0.465 e. The van der Waals surface area contributed by atoms with Crippen LogP contribution in [-0.4, -0.2) is 36.1 Å². The first-order valence-corrected chi connectivity index (χ1v) is 3.94. The summed E-state index contributed by atoms with van der Waals surface area (Å²) in [5.41, 5.74) is 0. The van der Waals surface area contributed by atoms with Crippen molar-refractivity contribution in [3.05, 3.63) is 0 Å².